The molecule has 0 aliphatic rings. The van der Waals surface area contributed by atoms with Crippen LogP contribution in [-0.4, -0.2) is 26.4 Å². The maximum atomic E-state index is 5.80. The number of rotatable bonds is 12. The first kappa shape index (κ1) is 30.3. The Balaban J connectivity index is 1.18. The SMILES string of the molecule is CCN(CN)c1ccc(N=Nc2ccc(-c3ccc(-c4ccc(N=Nc5ccc(N(CC)CN)cc5)cc4)cc3)cc2)cc1. The van der Waals surface area contributed by atoms with Crippen molar-refractivity contribution in [3.63, 3.8) is 0 Å². The van der Waals surface area contributed by atoms with Crippen molar-refractivity contribution in [1.29, 1.82) is 0 Å². The van der Waals surface area contributed by atoms with E-state index in [-0.39, 0.29) is 0 Å². The first-order valence-corrected chi connectivity index (χ1v) is 14.8. The Morgan fingerprint density at radius 1 is 0.386 bits per heavy atom. The molecule has 4 N–H and O–H groups in total. The molecule has 0 fully saturated rings. The van der Waals surface area contributed by atoms with Gasteiger partial charge in [-0.3, -0.25) is 0 Å². The van der Waals surface area contributed by atoms with Gasteiger partial charge in [0.05, 0.1) is 36.1 Å². The highest BCUT2D eigenvalue weighted by molar-refractivity contribution is 5.72. The minimum atomic E-state index is 0.485. The molecule has 0 aliphatic heterocycles. The van der Waals surface area contributed by atoms with Crippen LogP contribution in [0.4, 0.5) is 34.1 Å². The van der Waals surface area contributed by atoms with Crippen LogP contribution in [-0.2, 0) is 0 Å². The number of hydrogen-bond acceptors (Lipinski definition) is 8. The molecule has 0 saturated heterocycles. The summed E-state index contributed by atoms with van der Waals surface area (Å²) in [5.74, 6) is 0. The molecule has 44 heavy (non-hydrogen) atoms. The number of anilines is 2. The minimum Gasteiger partial charge on any atom is -0.359 e. The lowest BCUT2D eigenvalue weighted by molar-refractivity contribution is 0.843. The summed E-state index contributed by atoms with van der Waals surface area (Å²) in [6.07, 6.45) is 0. The molecule has 8 nitrogen and oxygen atoms in total. The molecule has 222 valence electrons. The van der Waals surface area contributed by atoms with Gasteiger partial charge in [-0.15, -0.1) is 0 Å². The number of azo groups is 2. The van der Waals surface area contributed by atoms with E-state index in [0.717, 1.165) is 69.5 Å². The Bertz CT molecular complexity index is 1520. The predicted molar refractivity (Wildman–Crippen MR) is 183 cm³/mol. The van der Waals surface area contributed by atoms with Gasteiger partial charge >= 0.3 is 0 Å². The van der Waals surface area contributed by atoms with Gasteiger partial charge in [0.15, 0.2) is 0 Å². The van der Waals surface area contributed by atoms with E-state index < -0.39 is 0 Å². The summed E-state index contributed by atoms with van der Waals surface area (Å²) < 4.78 is 0. The van der Waals surface area contributed by atoms with Crippen LogP contribution in [0.2, 0.25) is 0 Å². The summed E-state index contributed by atoms with van der Waals surface area (Å²) in [6, 6.07) is 40.6. The number of benzene rings is 5. The van der Waals surface area contributed by atoms with Crippen molar-refractivity contribution < 1.29 is 0 Å². The molecule has 0 aromatic heterocycles. The maximum absolute atomic E-state index is 5.80. The standard InChI is InChI=1S/C36H38N8/c1-3-43(25-37)35-21-17-33(18-22-35)41-39-31-13-9-29(10-14-31)27-5-7-28(8-6-27)30-11-15-32(16-12-30)40-42-34-19-23-36(24-20-34)44(4-2)26-38/h5-24H,3-4,25-26,37-38H2,1-2H3. The molecule has 0 bridgehead atoms. The normalized spacial score (nSPS) is 11.4. The number of nitrogens with two attached hydrogens (primary N) is 2. The van der Waals surface area contributed by atoms with E-state index in [1.54, 1.807) is 0 Å². The predicted octanol–water partition coefficient (Wildman–Crippen LogP) is 9.34. The lowest BCUT2D eigenvalue weighted by Gasteiger charge is -2.20. The van der Waals surface area contributed by atoms with E-state index >= 15 is 0 Å². The first-order valence-electron chi connectivity index (χ1n) is 14.8. The van der Waals surface area contributed by atoms with E-state index in [4.69, 9.17) is 11.5 Å². The molecule has 0 amide bonds. The van der Waals surface area contributed by atoms with Crippen LogP contribution in [0, 0.1) is 0 Å². The third-order valence-corrected chi connectivity index (χ3v) is 7.48. The second-order valence-electron chi connectivity index (χ2n) is 10.2. The van der Waals surface area contributed by atoms with E-state index in [0.29, 0.717) is 13.3 Å². The smallest absolute Gasteiger partial charge is 0.0858 e. The van der Waals surface area contributed by atoms with E-state index in [1.807, 2.05) is 72.8 Å². The van der Waals surface area contributed by atoms with Crippen LogP contribution in [0.1, 0.15) is 13.8 Å². The van der Waals surface area contributed by atoms with Crippen molar-refractivity contribution >= 4 is 34.1 Å². The Hall–Kier alpha value is -5.18. The van der Waals surface area contributed by atoms with Crippen LogP contribution in [0.15, 0.2) is 142 Å². The van der Waals surface area contributed by atoms with E-state index in [1.165, 1.54) is 0 Å². The third-order valence-electron chi connectivity index (χ3n) is 7.48. The van der Waals surface area contributed by atoms with Crippen LogP contribution in [0.5, 0.6) is 0 Å². The quantitative estimate of drug-likeness (QED) is 0.113. The number of nitrogens with zero attached hydrogens (tertiary/aromatic N) is 6. The Morgan fingerprint density at radius 2 is 0.614 bits per heavy atom. The second kappa shape index (κ2) is 14.8. The van der Waals surface area contributed by atoms with Gasteiger partial charge in [0.25, 0.3) is 0 Å². The van der Waals surface area contributed by atoms with Crippen LogP contribution >= 0.6 is 0 Å². The molecule has 0 unspecified atom stereocenters. The zero-order valence-corrected chi connectivity index (χ0v) is 25.2. The number of hydrogen-bond donors (Lipinski definition) is 2. The summed E-state index contributed by atoms with van der Waals surface area (Å²) in [6.45, 7) is 6.85. The molecule has 0 radical (unpaired) electrons. The van der Waals surface area contributed by atoms with Crippen LogP contribution < -0.4 is 21.3 Å². The average Bonchev–Trinajstić information content (AvgIpc) is 3.09. The van der Waals surface area contributed by atoms with E-state index in [9.17, 15) is 0 Å². The lowest BCUT2D eigenvalue weighted by atomic mass is 10.00. The fourth-order valence-corrected chi connectivity index (χ4v) is 4.82. The summed E-state index contributed by atoms with van der Waals surface area (Å²) in [7, 11) is 0. The fraction of sp³-hybridized carbons (Fsp3) is 0.167. The molecule has 5 rings (SSSR count). The largest absolute Gasteiger partial charge is 0.359 e. The highest BCUT2D eigenvalue weighted by atomic mass is 15.2. The molecule has 8 heteroatoms. The highest BCUT2D eigenvalue weighted by Gasteiger charge is 2.04. The molecule has 0 atom stereocenters. The minimum absolute atomic E-state index is 0.485. The Morgan fingerprint density at radius 3 is 0.841 bits per heavy atom. The summed E-state index contributed by atoms with van der Waals surface area (Å²) >= 11 is 0. The highest BCUT2D eigenvalue weighted by Crippen LogP contribution is 2.29. The molecular weight excluding hydrogens is 544 g/mol. The maximum Gasteiger partial charge on any atom is 0.0858 e. The van der Waals surface area contributed by atoms with Gasteiger partial charge in [0.2, 0.25) is 0 Å². The van der Waals surface area contributed by atoms with Crippen molar-refractivity contribution in [2.24, 2.45) is 31.9 Å². The van der Waals surface area contributed by atoms with Crippen molar-refractivity contribution in [2.45, 2.75) is 13.8 Å². The van der Waals surface area contributed by atoms with Gasteiger partial charge in [-0.1, -0.05) is 48.5 Å². The zero-order chi connectivity index (χ0) is 30.7. The van der Waals surface area contributed by atoms with Crippen LogP contribution in [0.25, 0.3) is 22.3 Å². The van der Waals surface area contributed by atoms with Gasteiger partial charge in [0, 0.05) is 24.5 Å². The van der Waals surface area contributed by atoms with Gasteiger partial charge in [-0.2, -0.15) is 20.5 Å². The molecule has 5 aromatic carbocycles. The topological polar surface area (TPSA) is 108 Å². The summed E-state index contributed by atoms with van der Waals surface area (Å²) in [5.41, 5.74) is 21.5. The Labute approximate surface area is 259 Å². The molecule has 5 aromatic rings. The van der Waals surface area contributed by atoms with Gasteiger partial charge in [0.1, 0.15) is 0 Å². The third kappa shape index (κ3) is 7.60. The summed E-state index contributed by atoms with van der Waals surface area (Å²) in [5, 5.41) is 17.6. The summed E-state index contributed by atoms with van der Waals surface area (Å²) in [4.78, 5) is 4.17. The molecule has 0 heterocycles. The van der Waals surface area contributed by atoms with Crippen molar-refractivity contribution in [3.05, 3.63) is 121 Å². The van der Waals surface area contributed by atoms with Crippen molar-refractivity contribution in [2.75, 3.05) is 36.2 Å². The molecule has 0 aliphatic carbocycles. The Kier molecular flexibility index (Phi) is 10.2. The molecule has 0 saturated carbocycles. The first-order chi connectivity index (χ1) is 21.6. The monoisotopic (exact) mass is 582 g/mol. The molecular formula is C36H38N8. The molecule has 0 spiro atoms. The van der Waals surface area contributed by atoms with Gasteiger partial charge in [-0.05, 0) is 109 Å². The van der Waals surface area contributed by atoms with Gasteiger partial charge < -0.3 is 21.3 Å². The van der Waals surface area contributed by atoms with Crippen molar-refractivity contribution in [1.82, 2.24) is 0 Å². The van der Waals surface area contributed by atoms with E-state index in [2.05, 4.69) is 92.6 Å². The zero-order valence-electron chi connectivity index (χ0n) is 25.2. The lowest BCUT2D eigenvalue weighted by Crippen LogP contribution is -2.29. The van der Waals surface area contributed by atoms with Crippen LogP contribution in [0.3, 0.4) is 0 Å². The van der Waals surface area contributed by atoms with Crippen molar-refractivity contribution in [3.8, 4) is 22.3 Å². The second-order valence-corrected chi connectivity index (χ2v) is 10.2. The average molecular weight is 583 g/mol. The fourth-order valence-electron chi connectivity index (χ4n) is 4.82. The van der Waals surface area contributed by atoms with Gasteiger partial charge in [-0.25, -0.2) is 0 Å².